The second-order valence-electron chi connectivity index (χ2n) is 4.96. The van der Waals surface area contributed by atoms with Crippen LogP contribution in [-0.4, -0.2) is 68.2 Å². The first-order chi connectivity index (χ1) is 8.89. The SMILES string of the molecule is CN1CCN(CCCCCNC(=O)C(F)(F)F)CC1. The van der Waals surface area contributed by atoms with Crippen molar-refractivity contribution in [3.8, 4) is 0 Å². The highest BCUT2D eigenvalue weighted by Gasteiger charge is 2.38. The summed E-state index contributed by atoms with van der Waals surface area (Å²) >= 11 is 0. The van der Waals surface area contributed by atoms with E-state index in [1.54, 1.807) is 0 Å². The molecule has 0 spiro atoms. The van der Waals surface area contributed by atoms with Crippen molar-refractivity contribution in [1.82, 2.24) is 15.1 Å². The molecule has 19 heavy (non-hydrogen) atoms. The maximum absolute atomic E-state index is 11.9. The third-order valence-corrected chi connectivity index (χ3v) is 3.29. The first-order valence-electron chi connectivity index (χ1n) is 6.65. The zero-order chi connectivity index (χ0) is 14.3. The number of piperazine rings is 1. The van der Waals surface area contributed by atoms with Crippen molar-refractivity contribution in [2.24, 2.45) is 0 Å². The van der Waals surface area contributed by atoms with Crippen LogP contribution in [0.5, 0.6) is 0 Å². The van der Waals surface area contributed by atoms with Crippen molar-refractivity contribution in [2.45, 2.75) is 25.4 Å². The van der Waals surface area contributed by atoms with Crippen LogP contribution < -0.4 is 5.32 Å². The van der Waals surface area contributed by atoms with E-state index in [1.807, 2.05) is 5.32 Å². The first-order valence-corrected chi connectivity index (χ1v) is 6.65. The minimum atomic E-state index is -4.76. The summed E-state index contributed by atoms with van der Waals surface area (Å²) in [5.74, 6) is -1.84. The largest absolute Gasteiger partial charge is 0.471 e. The third kappa shape index (κ3) is 6.77. The molecular weight excluding hydrogens is 259 g/mol. The number of carbonyl (C=O) groups is 1. The smallest absolute Gasteiger partial charge is 0.348 e. The Balaban J connectivity index is 1.96. The molecule has 4 nitrogen and oxygen atoms in total. The van der Waals surface area contributed by atoms with Gasteiger partial charge >= 0.3 is 12.1 Å². The van der Waals surface area contributed by atoms with Gasteiger partial charge in [-0.2, -0.15) is 13.2 Å². The van der Waals surface area contributed by atoms with Gasteiger partial charge in [0.05, 0.1) is 0 Å². The molecule has 7 heteroatoms. The molecule has 1 N–H and O–H groups in total. The fourth-order valence-corrected chi connectivity index (χ4v) is 2.01. The summed E-state index contributed by atoms with van der Waals surface area (Å²) < 4.78 is 35.6. The number of alkyl halides is 3. The topological polar surface area (TPSA) is 35.6 Å². The summed E-state index contributed by atoms with van der Waals surface area (Å²) in [5.41, 5.74) is 0. The van der Waals surface area contributed by atoms with Crippen LogP contribution >= 0.6 is 0 Å². The van der Waals surface area contributed by atoms with E-state index in [9.17, 15) is 18.0 Å². The lowest BCUT2D eigenvalue weighted by molar-refractivity contribution is -0.173. The van der Waals surface area contributed by atoms with E-state index in [-0.39, 0.29) is 6.54 Å². The summed E-state index contributed by atoms with van der Waals surface area (Å²) in [6.07, 6.45) is -2.37. The molecule has 1 amide bonds. The van der Waals surface area contributed by atoms with Gasteiger partial charge in [-0.15, -0.1) is 0 Å². The Kier molecular flexibility index (Phi) is 6.57. The number of hydrogen-bond acceptors (Lipinski definition) is 3. The van der Waals surface area contributed by atoms with Crippen LogP contribution in [0.4, 0.5) is 13.2 Å². The lowest BCUT2D eigenvalue weighted by atomic mass is 10.2. The van der Waals surface area contributed by atoms with Crippen LogP contribution in [0.25, 0.3) is 0 Å². The second-order valence-corrected chi connectivity index (χ2v) is 4.96. The van der Waals surface area contributed by atoms with Crippen LogP contribution in [0.2, 0.25) is 0 Å². The van der Waals surface area contributed by atoms with Crippen molar-refractivity contribution in [3.05, 3.63) is 0 Å². The van der Waals surface area contributed by atoms with Gasteiger partial charge in [0, 0.05) is 32.7 Å². The van der Waals surface area contributed by atoms with E-state index < -0.39 is 12.1 Å². The molecule has 0 aromatic carbocycles. The zero-order valence-electron chi connectivity index (χ0n) is 11.3. The molecule has 1 rings (SSSR count). The van der Waals surface area contributed by atoms with Crippen LogP contribution in [0.3, 0.4) is 0 Å². The van der Waals surface area contributed by atoms with E-state index in [0.717, 1.165) is 45.6 Å². The minimum Gasteiger partial charge on any atom is -0.348 e. The molecule has 0 bridgehead atoms. The Morgan fingerprint density at radius 2 is 1.74 bits per heavy atom. The standard InChI is InChI=1S/C12H22F3N3O/c1-17-7-9-18(10-8-17)6-4-2-3-5-16-11(19)12(13,14)15/h2-10H2,1H3,(H,16,19). The number of amides is 1. The Morgan fingerprint density at radius 3 is 2.32 bits per heavy atom. The fraction of sp³-hybridized carbons (Fsp3) is 0.917. The Bertz CT molecular complexity index is 276. The van der Waals surface area contributed by atoms with Gasteiger partial charge in [0.1, 0.15) is 0 Å². The summed E-state index contributed by atoms with van der Waals surface area (Å²) in [4.78, 5) is 15.2. The lowest BCUT2D eigenvalue weighted by Crippen LogP contribution is -2.44. The number of rotatable bonds is 6. The molecule has 0 unspecified atom stereocenters. The van der Waals surface area contributed by atoms with Crippen LogP contribution in [-0.2, 0) is 4.79 Å². The molecule has 0 aliphatic carbocycles. The minimum absolute atomic E-state index is 0.0983. The van der Waals surface area contributed by atoms with Gasteiger partial charge in [0.25, 0.3) is 0 Å². The van der Waals surface area contributed by atoms with Gasteiger partial charge in [-0.3, -0.25) is 4.79 Å². The van der Waals surface area contributed by atoms with E-state index in [0.29, 0.717) is 6.42 Å². The molecule has 0 radical (unpaired) electrons. The molecule has 112 valence electrons. The number of halogens is 3. The Morgan fingerprint density at radius 1 is 1.11 bits per heavy atom. The van der Waals surface area contributed by atoms with Crippen LogP contribution in [0.1, 0.15) is 19.3 Å². The Hall–Kier alpha value is -0.820. The van der Waals surface area contributed by atoms with Crippen molar-refractivity contribution in [2.75, 3.05) is 46.3 Å². The summed E-state index contributed by atoms with van der Waals surface area (Å²) in [6, 6.07) is 0. The highest BCUT2D eigenvalue weighted by atomic mass is 19.4. The number of carbonyl (C=O) groups excluding carboxylic acids is 1. The fourth-order valence-electron chi connectivity index (χ4n) is 2.01. The van der Waals surface area contributed by atoms with Crippen molar-refractivity contribution in [3.63, 3.8) is 0 Å². The monoisotopic (exact) mass is 281 g/mol. The van der Waals surface area contributed by atoms with E-state index in [1.165, 1.54) is 0 Å². The summed E-state index contributed by atoms with van der Waals surface area (Å²) in [7, 11) is 2.10. The van der Waals surface area contributed by atoms with E-state index >= 15 is 0 Å². The van der Waals surface area contributed by atoms with E-state index in [4.69, 9.17) is 0 Å². The predicted octanol–water partition coefficient (Wildman–Crippen LogP) is 1.08. The highest BCUT2D eigenvalue weighted by molar-refractivity contribution is 5.81. The van der Waals surface area contributed by atoms with Gasteiger partial charge in [0.15, 0.2) is 0 Å². The maximum Gasteiger partial charge on any atom is 0.471 e. The average Bonchev–Trinajstić information content (AvgIpc) is 2.34. The van der Waals surface area contributed by atoms with E-state index in [2.05, 4.69) is 16.8 Å². The average molecular weight is 281 g/mol. The predicted molar refractivity (Wildman–Crippen MR) is 66.9 cm³/mol. The molecule has 0 atom stereocenters. The number of nitrogens with one attached hydrogen (secondary N) is 1. The molecule has 1 aliphatic heterocycles. The normalized spacial score (nSPS) is 18.5. The van der Waals surface area contributed by atoms with Crippen LogP contribution in [0, 0.1) is 0 Å². The number of hydrogen-bond donors (Lipinski definition) is 1. The molecule has 0 saturated carbocycles. The van der Waals surface area contributed by atoms with Gasteiger partial charge in [-0.25, -0.2) is 0 Å². The van der Waals surface area contributed by atoms with Gasteiger partial charge < -0.3 is 15.1 Å². The number of nitrogens with zero attached hydrogens (tertiary/aromatic N) is 2. The molecule has 1 fully saturated rings. The Labute approximate surface area is 111 Å². The molecule has 0 aromatic rings. The lowest BCUT2D eigenvalue weighted by Gasteiger charge is -2.32. The molecular formula is C12H22F3N3O. The van der Waals surface area contributed by atoms with Gasteiger partial charge in [0.2, 0.25) is 0 Å². The van der Waals surface area contributed by atoms with Gasteiger partial charge in [-0.05, 0) is 26.4 Å². The van der Waals surface area contributed by atoms with Crippen molar-refractivity contribution >= 4 is 5.91 Å². The van der Waals surface area contributed by atoms with Crippen molar-refractivity contribution < 1.29 is 18.0 Å². The second kappa shape index (κ2) is 7.69. The number of likely N-dealkylation sites (N-methyl/N-ethyl adjacent to an activating group) is 1. The maximum atomic E-state index is 11.9. The highest BCUT2D eigenvalue weighted by Crippen LogP contribution is 2.14. The third-order valence-electron chi connectivity index (χ3n) is 3.29. The quantitative estimate of drug-likeness (QED) is 0.740. The van der Waals surface area contributed by atoms with Crippen molar-refractivity contribution in [1.29, 1.82) is 0 Å². The molecule has 1 aliphatic rings. The zero-order valence-corrected chi connectivity index (χ0v) is 11.3. The van der Waals surface area contributed by atoms with Gasteiger partial charge in [-0.1, -0.05) is 6.42 Å². The summed E-state index contributed by atoms with van der Waals surface area (Å²) in [5, 5.41) is 1.88. The molecule has 1 heterocycles. The first kappa shape index (κ1) is 16.2. The molecule has 1 saturated heterocycles. The number of unbranched alkanes of at least 4 members (excludes halogenated alkanes) is 2. The molecule has 0 aromatic heterocycles. The van der Waals surface area contributed by atoms with Crippen LogP contribution in [0.15, 0.2) is 0 Å². The summed E-state index contributed by atoms with van der Waals surface area (Å²) in [6.45, 7) is 5.34.